The highest BCUT2D eigenvalue weighted by Crippen LogP contribution is 2.36. The van der Waals surface area contributed by atoms with E-state index in [2.05, 4.69) is 18.8 Å². The topological polar surface area (TPSA) is 73.6 Å². The van der Waals surface area contributed by atoms with Crippen molar-refractivity contribution in [2.75, 3.05) is 7.11 Å². The van der Waals surface area contributed by atoms with Crippen LogP contribution in [0.25, 0.3) is 11.0 Å². The second-order valence-corrected chi connectivity index (χ2v) is 7.59. The van der Waals surface area contributed by atoms with Crippen molar-refractivity contribution in [2.45, 2.75) is 58.3 Å². The van der Waals surface area contributed by atoms with Crippen molar-refractivity contribution in [2.24, 2.45) is 5.92 Å². The van der Waals surface area contributed by atoms with Crippen molar-refractivity contribution in [3.63, 3.8) is 0 Å². The fourth-order valence-electron chi connectivity index (χ4n) is 3.86. The zero-order valence-corrected chi connectivity index (χ0v) is 16.1. The van der Waals surface area contributed by atoms with Gasteiger partial charge >= 0.3 is 5.97 Å². The first-order valence-electron chi connectivity index (χ1n) is 9.01. The molecule has 2 heterocycles. The van der Waals surface area contributed by atoms with E-state index in [1.165, 1.54) is 7.11 Å². The quantitative estimate of drug-likeness (QED) is 0.804. The Morgan fingerprint density at radius 3 is 2.65 bits per heavy atom. The van der Waals surface area contributed by atoms with Gasteiger partial charge in [0.2, 0.25) is 5.88 Å². The van der Waals surface area contributed by atoms with Crippen molar-refractivity contribution in [1.82, 2.24) is 9.55 Å². The molecule has 3 rings (SSSR count). The van der Waals surface area contributed by atoms with Gasteiger partial charge in [-0.25, -0.2) is 9.78 Å². The molecule has 0 saturated heterocycles. The Morgan fingerprint density at radius 1 is 1.38 bits per heavy atom. The number of halogens is 1. The number of hydrogen-bond donors (Lipinski definition) is 1. The molecule has 7 heteroatoms. The van der Waals surface area contributed by atoms with E-state index < -0.39 is 5.97 Å². The Labute approximate surface area is 158 Å². The van der Waals surface area contributed by atoms with Gasteiger partial charge in [0.15, 0.2) is 0 Å². The molecule has 0 amide bonds. The number of carboxylic acids is 1. The van der Waals surface area contributed by atoms with E-state index in [0.717, 1.165) is 25.7 Å². The number of nitrogens with zero attached hydrogens (tertiary/aromatic N) is 2. The summed E-state index contributed by atoms with van der Waals surface area (Å²) < 4.78 is 13.2. The fraction of sp³-hybridized carbons (Fsp3) is 0.579. The SMILES string of the molecule is COc1c(C(=O)O)c2cc(Cl)cnc2n1CC1CCC(OC(C)C)CC1. The van der Waals surface area contributed by atoms with Gasteiger partial charge in [-0.05, 0) is 51.5 Å². The molecule has 1 aliphatic carbocycles. The van der Waals surface area contributed by atoms with E-state index >= 15 is 0 Å². The van der Waals surface area contributed by atoms with E-state index in [1.54, 1.807) is 12.3 Å². The van der Waals surface area contributed by atoms with Gasteiger partial charge < -0.3 is 14.6 Å². The van der Waals surface area contributed by atoms with Gasteiger partial charge in [-0.1, -0.05) is 11.6 Å². The number of rotatable bonds is 6. The van der Waals surface area contributed by atoms with E-state index in [4.69, 9.17) is 21.1 Å². The lowest BCUT2D eigenvalue weighted by Crippen LogP contribution is -2.26. The first kappa shape index (κ1) is 19.0. The predicted octanol–water partition coefficient (Wildman–Crippen LogP) is 4.38. The summed E-state index contributed by atoms with van der Waals surface area (Å²) in [6, 6.07) is 1.64. The molecule has 6 nitrogen and oxygen atoms in total. The predicted molar refractivity (Wildman–Crippen MR) is 100 cm³/mol. The van der Waals surface area contributed by atoms with E-state index in [0.29, 0.717) is 40.5 Å². The molecule has 1 saturated carbocycles. The van der Waals surface area contributed by atoms with Gasteiger partial charge in [-0.2, -0.15) is 0 Å². The lowest BCUT2D eigenvalue weighted by molar-refractivity contribution is -0.0208. The first-order valence-corrected chi connectivity index (χ1v) is 9.39. The van der Waals surface area contributed by atoms with Crippen LogP contribution in [0.5, 0.6) is 5.88 Å². The summed E-state index contributed by atoms with van der Waals surface area (Å²) in [5, 5.41) is 10.6. The molecule has 0 unspecified atom stereocenters. The third kappa shape index (κ3) is 3.81. The number of ether oxygens (including phenoxy) is 2. The van der Waals surface area contributed by atoms with Crippen LogP contribution >= 0.6 is 11.6 Å². The monoisotopic (exact) mass is 380 g/mol. The molecule has 0 aromatic carbocycles. The Kier molecular flexibility index (Phi) is 5.73. The molecule has 0 atom stereocenters. The number of carboxylic acid groups (broad SMARTS) is 1. The number of methoxy groups -OCH3 is 1. The minimum absolute atomic E-state index is 0.120. The fourth-order valence-corrected chi connectivity index (χ4v) is 4.02. The summed E-state index contributed by atoms with van der Waals surface area (Å²) in [4.78, 5) is 16.2. The van der Waals surface area contributed by atoms with Crippen molar-refractivity contribution in [3.05, 3.63) is 22.8 Å². The Bertz CT molecular complexity index is 794. The molecular weight excluding hydrogens is 356 g/mol. The van der Waals surface area contributed by atoms with Crippen LogP contribution in [0.15, 0.2) is 12.3 Å². The molecule has 0 radical (unpaired) electrons. The summed E-state index contributed by atoms with van der Waals surface area (Å²) in [7, 11) is 1.49. The largest absolute Gasteiger partial charge is 0.481 e. The summed E-state index contributed by atoms with van der Waals surface area (Å²) >= 11 is 6.03. The zero-order valence-electron chi connectivity index (χ0n) is 15.4. The van der Waals surface area contributed by atoms with Crippen molar-refractivity contribution < 1.29 is 19.4 Å². The molecule has 2 aromatic rings. The van der Waals surface area contributed by atoms with Crippen LogP contribution in [0.3, 0.4) is 0 Å². The lowest BCUT2D eigenvalue weighted by Gasteiger charge is -2.30. The van der Waals surface area contributed by atoms with Crippen molar-refractivity contribution in [3.8, 4) is 5.88 Å². The summed E-state index contributed by atoms with van der Waals surface area (Å²) in [5.74, 6) is -0.267. The van der Waals surface area contributed by atoms with Crippen LogP contribution in [0.1, 0.15) is 49.9 Å². The molecular formula is C19H25ClN2O4. The number of aromatic carboxylic acids is 1. The average Bonchev–Trinajstić information content (AvgIpc) is 2.89. The van der Waals surface area contributed by atoms with Gasteiger partial charge in [-0.3, -0.25) is 4.57 Å². The molecule has 0 aliphatic heterocycles. The van der Waals surface area contributed by atoms with Crippen LogP contribution in [0, 0.1) is 5.92 Å². The standard InChI is InChI=1S/C19H25ClN2O4/c1-11(2)26-14-6-4-12(5-7-14)10-22-17-15(8-13(20)9-21-17)16(19(23)24)18(22)25-3/h8-9,11-12,14H,4-7,10H2,1-3H3,(H,23,24). The number of pyridine rings is 1. The summed E-state index contributed by atoms with van der Waals surface area (Å²) in [6.45, 7) is 4.80. The molecule has 0 bridgehead atoms. The van der Waals surface area contributed by atoms with Crippen LogP contribution in [0.2, 0.25) is 5.02 Å². The van der Waals surface area contributed by atoms with Crippen molar-refractivity contribution in [1.29, 1.82) is 0 Å². The number of hydrogen-bond acceptors (Lipinski definition) is 4. The molecule has 1 fully saturated rings. The molecule has 1 aliphatic rings. The highest BCUT2D eigenvalue weighted by molar-refractivity contribution is 6.31. The van der Waals surface area contributed by atoms with Gasteiger partial charge in [0.05, 0.1) is 24.3 Å². The van der Waals surface area contributed by atoms with Crippen LogP contribution in [0.4, 0.5) is 0 Å². The van der Waals surface area contributed by atoms with Gasteiger partial charge in [0.25, 0.3) is 0 Å². The highest BCUT2D eigenvalue weighted by Gasteiger charge is 2.28. The maximum atomic E-state index is 11.8. The summed E-state index contributed by atoms with van der Waals surface area (Å²) in [5.41, 5.74) is 0.721. The Morgan fingerprint density at radius 2 is 2.08 bits per heavy atom. The van der Waals surface area contributed by atoms with Gasteiger partial charge in [0, 0.05) is 18.1 Å². The van der Waals surface area contributed by atoms with Crippen LogP contribution in [-0.2, 0) is 11.3 Å². The maximum Gasteiger partial charge on any atom is 0.341 e. The molecule has 142 valence electrons. The molecule has 2 aromatic heterocycles. The van der Waals surface area contributed by atoms with Crippen LogP contribution in [-0.4, -0.2) is 39.9 Å². The molecule has 0 spiro atoms. The maximum absolute atomic E-state index is 11.8. The number of carbonyl (C=O) groups is 1. The van der Waals surface area contributed by atoms with Gasteiger partial charge in [-0.15, -0.1) is 0 Å². The van der Waals surface area contributed by atoms with Crippen LogP contribution < -0.4 is 4.74 Å². The zero-order chi connectivity index (χ0) is 18.8. The normalized spacial score (nSPS) is 20.7. The summed E-state index contributed by atoms with van der Waals surface area (Å²) in [6.07, 6.45) is 6.23. The Balaban J connectivity index is 1.87. The highest BCUT2D eigenvalue weighted by atomic mass is 35.5. The third-order valence-electron chi connectivity index (χ3n) is 4.92. The minimum atomic E-state index is -1.04. The first-order chi connectivity index (χ1) is 12.4. The third-order valence-corrected chi connectivity index (χ3v) is 5.13. The number of fused-ring (bicyclic) bond motifs is 1. The molecule has 26 heavy (non-hydrogen) atoms. The van der Waals surface area contributed by atoms with Crippen molar-refractivity contribution >= 4 is 28.6 Å². The second-order valence-electron chi connectivity index (χ2n) is 7.15. The smallest absolute Gasteiger partial charge is 0.341 e. The lowest BCUT2D eigenvalue weighted by atomic mass is 9.87. The average molecular weight is 381 g/mol. The Hall–Kier alpha value is -1.79. The number of aromatic nitrogens is 2. The molecule has 1 N–H and O–H groups in total. The van der Waals surface area contributed by atoms with E-state index in [9.17, 15) is 9.90 Å². The minimum Gasteiger partial charge on any atom is -0.481 e. The van der Waals surface area contributed by atoms with Gasteiger partial charge in [0.1, 0.15) is 11.2 Å². The van der Waals surface area contributed by atoms with E-state index in [-0.39, 0.29) is 11.7 Å². The second kappa shape index (κ2) is 7.84. The van der Waals surface area contributed by atoms with E-state index in [1.807, 2.05) is 4.57 Å².